The average molecular weight is 219 g/mol. The SMILES string of the molecule is CC(C)(C)c1[nH]cc(C2CC2)c1C(C)(C)C. The van der Waals surface area contributed by atoms with Gasteiger partial charge in [-0.05, 0) is 35.3 Å². The first-order chi connectivity index (χ1) is 7.21. The molecule has 1 saturated carbocycles. The monoisotopic (exact) mass is 219 g/mol. The van der Waals surface area contributed by atoms with Crippen molar-refractivity contribution in [1.29, 1.82) is 0 Å². The summed E-state index contributed by atoms with van der Waals surface area (Å²) in [7, 11) is 0. The molecule has 0 atom stereocenters. The highest BCUT2D eigenvalue weighted by atomic mass is 14.7. The van der Waals surface area contributed by atoms with Gasteiger partial charge in [0.1, 0.15) is 0 Å². The first-order valence-corrected chi connectivity index (χ1v) is 6.43. The number of hydrogen-bond acceptors (Lipinski definition) is 0. The molecule has 16 heavy (non-hydrogen) atoms. The minimum atomic E-state index is 0.218. The highest BCUT2D eigenvalue weighted by Crippen LogP contribution is 2.47. The molecular weight excluding hydrogens is 194 g/mol. The van der Waals surface area contributed by atoms with E-state index in [4.69, 9.17) is 0 Å². The van der Waals surface area contributed by atoms with E-state index in [0.29, 0.717) is 0 Å². The Hall–Kier alpha value is -0.720. The smallest absolute Gasteiger partial charge is 0.0242 e. The third-order valence-electron chi connectivity index (χ3n) is 3.43. The quantitative estimate of drug-likeness (QED) is 0.716. The van der Waals surface area contributed by atoms with E-state index in [1.54, 1.807) is 11.1 Å². The fourth-order valence-electron chi connectivity index (χ4n) is 2.55. The van der Waals surface area contributed by atoms with Crippen LogP contribution in [0.15, 0.2) is 6.20 Å². The van der Waals surface area contributed by atoms with E-state index in [9.17, 15) is 0 Å². The summed E-state index contributed by atoms with van der Waals surface area (Å²) in [6, 6.07) is 0. The second-order valence-electron chi connectivity index (χ2n) is 7.27. The molecule has 0 aliphatic heterocycles. The summed E-state index contributed by atoms with van der Waals surface area (Å²) < 4.78 is 0. The number of rotatable bonds is 1. The van der Waals surface area contributed by atoms with Gasteiger partial charge in [0.15, 0.2) is 0 Å². The molecule has 0 aromatic carbocycles. The van der Waals surface area contributed by atoms with Gasteiger partial charge in [0.25, 0.3) is 0 Å². The zero-order valence-electron chi connectivity index (χ0n) is 11.6. The molecule has 0 radical (unpaired) electrons. The maximum absolute atomic E-state index is 3.54. The van der Waals surface area contributed by atoms with E-state index < -0.39 is 0 Å². The Balaban J connectivity index is 2.54. The highest BCUT2D eigenvalue weighted by molar-refractivity contribution is 5.43. The Morgan fingerprint density at radius 1 is 1.00 bits per heavy atom. The lowest BCUT2D eigenvalue weighted by Crippen LogP contribution is -2.22. The van der Waals surface area contributed by atoms with Crippen LogP contribution < -0.4 is 0 Å². The normalized spacial score (nSPS) is 17.9. The van der Waals surface area contributed by atoms with Crippen molar-refractivity contribution in [2.24, 2.45) is 0 Å². The fourth-order valence-corrected chi connectivity index (χ4v) is 2.55. The molecule has 0 saturated heterocycles. The molecule has 1 heterocycles. The van der Waals surface area contributed by atoms with Crippen molar-refractivity contribution in [2.45, 2.75) is 71.1 Å². The molecule has 0 unspecified atom stereocenters. The molecule has 1 aromatic heterocycles. The lowest BCUT2D eigenvalue weighted by Gasteiger charge is -2.28. The van der Waals surface area contributed by atoms with Crippen LogP contribution in [0.1, 0.15) is 77.1 Å². The molecule has 1 heteroatoms. The Bertz CT molecular complexity index is 381. The Morgan fingerprint density at radius 3 is 1.94 bits per heavy atom. The van der Waals surface area contributed by atoms with E-state index in [0.717, 1.165) is 5.92 Å². The van der Waals surface area contributed by atoms with Crippen LogP contribution in [0, 0.1) is 0 Å². The number of H-pyrrole nitrogens is 1. The summed E-state index contributed by atoms with van der Waals surface area (Å²) in [5, 5.41) is 0. The summed E-state index contributed by atoms with van der Waals surface area (Å²) in [6.45, 7) is 13.9. The van der Waals surface area contributed by atoms with Crippen molar-refractivity contribution in [3.63, 3.8) is 0 Å². The van der Waals surface area contributed by atoms with Gasteiger partial charge >= 0.3 is 0 Å². The topological polar surface area (TPSA) is 15.8 Å². The number of aromatic amines is 1. The van der Waals surface area contributed by atoms with Crippen molar-refractivity contribution in [2.75, 3.05) is 0 Å². The van der Waals surface area contributed by atoms with Crippen molar-refractivity contribution in [1.82, 2.24) is 4.98 Å². The third-order valence-corrected chi connectivity index (χ3v) is 3.43. The summed E-state index contributed by atoms with van der Waals surface area (Å²) >= 11 is 0. The van der Waals surface area contributed by atoms with Crippen LogP contribution in [-0.2, 0) is 10.8 Å². The maximum atomic E-state index is 3.54. The van der Waals surface area contributed by atoms with Crippen LogP contribution in [0.4, 0.5) is 0 Å². The van der Waals surface area contributed by atoms with Crippen molar-refractivity contribution >= 4 is 0 Å². The van der Waals surface area contributed by atoms with Crippen LogP contribution in [0.2, 0.25) is 0 Å². The number of aromatic nitrogens is 1. The Kier molecular flexibility index (Phi) is 2.49. The second kappa shape index (κ2) is 3.38. The zero-order chi connectivity index (χ0) is 12.1. The van der Waals surface area contributed by atoms with Crippen LogP contribution in [0.5, 0.6) is 0 Å². The lowest BCUT2D eigenvalue weighted by molar-refractivity contribution is 0.519. The first kappa shape index (κ1) is 11.8. The molecule has 90 valence electrons. The van der Waals surface area contributed by atoms with Gasteiger partial charge in [-0.1, -0.05) is 41.5 Å². The van der Waals surface area contributed by atoms with Gasteiger partial charge in [0, 0.05) is 17.3 Å². The minimum absolute atomic E-state index is 0.218. The molecular formula is C15H25N. The van der Waals surface area contributed by atoms with Crippen LogP contribution >= 0.6 is 0 Å². The number of nitrogens with one attached hydrogen (secondary N) is 1. The molecule has 1 aliphatic carbocycles. The highest BCUT2D eigenvalue weighted by Gasteiger charge is 2.35. The standard InChI is InChI=1S/C15H25N/c1-14(2,3)12-11(10-7-8-10)9-16-13(12)15(4,5)6/h9-10,16H,7-8H2,1-6H3. The predicted molar refractivity (Wildman–Crippen MR) is 70.2 cm³/mol. The Labute approximate surface area is 99.6 Å². The van der Waals surface area contributed by atoms with E-state index in [1.165, 1.54) is 18.5 Å². The van der Waals surface area contributed by atoms with E-state index in [1.807, 2.05) is 0 Å². The molecule has 1 N–H and O–H groups in total. The van der Waals surface area contributed by atoms with Gasteiger partial charge in [-0.2, -0.15) is 0 Å². The van der Waals surface area contributed by atoms with Gasteiger partial charge in [0.2, 0.25) is 0 Å². The van der Waals surface area contributed by atoms with Crippen LogP contribution in [0.25, 0.3) is 0 Å². The second-order valence-corrected chi connectivity index (χ2v) is 7.27. The van der Waals surface area contributed by atoms with E-state index in [-0.39, 0.29) is 10.8 Å². The molecule has 1 fully saturated rings. The predicted octanol–water partition coefficient (Wildman–Crippen LogP) is 4.49. The third kappa shape index (κ3) is 2.05. The van der Waals surface area contributed by atoms with Gasteiger partial charge in [-0.25, -0.2) is 0 Å². The summed E-state index contributed by atoms with van der Waals surface area (Å²) in [4.78, 5) is 3.54. The summed E-state index contributed by atoms with van der Waals surface area (Å²) in [5.74, 6) is 0.835. The van der Waals surface area contributed by atoms with Gasteiger partial charge in [-0.15, -0.1) is 0 Å². The lowest BCUT2D eigenvalue weighted by atomic mass is 9.77. The average Bonchev–Trinajstić information content (AvgIpc) is 2.79. The minimum Gasteiger partial charge on any atom is -0.364 e. The van der Waals surface area contributed by atoms with E-state index >= 15 is 0 Å². The zero-order valence-corrected chi connectivity index (χ0v) is 11.6. The number of hydrogen-bond donors (Lipinski definition) is 1. The van der Waals surface area contributed by atoms with Crippen molar-refractivity contribution in [3.05, 3.63) is 23.0 Å². The van der Waals surface area contributed by atoms with Gasteiger partial charge in [-0.3, -0.25) is 0 Å². The maximum Gasteiger partial charge on any atom is 0.0242 e. The fraction of sp³-hybridized carbons (Fsp3) is 0.733. The molecule has 1 nitrogen and oxygen atoms in total. The van der Waals surface area contributed by atoms with Crippen molar-refractivity contribution in [3.8, 4) is 0 Å². The van der Waals surface area contributed by atoms with Crippen LogP contribution in [-0.4, -0.2) is 4.98 Å². The van der Waals surface area contributed by atoms with Gasteiger partial charge in [0.05, 0.1) is 0 Å². The van der Waals surface area contributed by atoms with Gasteiger partial charge < -0.3 is 4.98 Å². The largest absolute Gasteiger partial charge is 0.364 e. The molecule has 0 bridgehead atoms. The van der Waals surface area contributed by atoms with Crippen LogP contribution in [0.3, 0.4) is 0 Å². The summed E-state index contributed by atoms with van der Waals surface area (Å²) in [6.07, 6.45) is 5.02. The molecule has 0 amide bonds. The first-order valence-electron chi connectivity index (χ1n) is 6.43. The molecule has 2 rings (SSSR count). The molecule has 0 spiro atoms. The molecule has 1 aliphatic rings. The summed E-state index contributed by atoms with van der Waals surface area (Å²) in [5.41, 5.74) is 5.05. The van der Waals surface area contributed by atoms with Crippen molar-refractivity contribution < 1.29 is 0 Å². The Morgan fingerprint density at radius 2 is 1.56 bits per heavy atom. The molecule has 1 aromatic rings. The van der Waals surface area contributed by atoms with E-state index in [2.05, 4.69) is 52.7 Å².